The van der Waals surface area contributed by atoms with Crippen LogP contribution in [0.25, 0.3) is 0 Å². The van der Waals surface area contributed by atoms with E-state index in [0.29, 0.717) is 30.7 Å². The van der Waals surface area contributed by atoms with E-state index in [1.807, 2.05) is 0 Å². The Morgan fingerprint density at radius 1 is 1.09 bits per heavy atom. The third-order valence-corrected chi connectivity index (χ3v) is 5.64. The van der Waals surface area contributed by atoms with Crippen LogP contribution in [0.3, 0.4) is 0 Å². The lowest BCUT2D eigenvalue weighted by atomic mass is 9.67. The molecule has 0 spiro atoms. The zero-order valence-corrected chi connectivity index (χ0v) is 15.0. The van der Waals surface area contributed by atoms with Gasteiger partial charge in [0, 0.05) is 23.9 Å². The van der Waals surface area contributed by atoms with E-state index in [2.05, 4.69) is 19.9 Å². The molecule has 2 N–H and O–H groups in total. The van der Waals surface area contributed by atoms with Crippen LogP contribution in [-0.4, -0.2) is 19.8 Å². The zero-order valence-electron chi connectivity index (χ0n) is 14.3. The van der Waals surface area contributed by atoms with Crippen molar-refractivity contribution >= 4 is 11.6 Å². The van der Waals surface area contributed by atoms with E-state index >= 15 is 0 Å². The number of halogens is 1. The van der Waals surface area contributed by atoms with Crippen molar-refractivity contribution in [2.75, 3.05) is 19.8 Å². The van der Waals surface area contributed by atoms with Crippen molar-refractivity contribution in [2.45, 2.75) is 63.7 Å². The second-order valence-electron chi connectivity index (χ2n) is 7.23. The number of benzene rings is 1. The smallest absolute Gasteiger partial charge is 0.180 e. The first-order chi connectivity index (χ1) is 11.1. The predicted molar refractivity (Wildman–Crippen MR) is 95.0 cm³/mol. The van der Waals surface area contributed by atoms with E-state index in [-0.39, 0.29) is 5.41 Å². The summed E-state index contributed by atoms with van der Waals surface area (Å²) < 4.78 is 12.0. The molecule has 1 aliphatic carbocycles. The summed E-state index contributed by atoms with van der Waals surface area (Å²) >= 11 is 6.59. The highest BCUT2D eigenvalue weighted by atomic mass is 35.5. The molecule has 0 unspecified atom stereocenters. The SMILES string of the molecule is CC(C)c1c(C2(CN)CCCCC2)cc(Cl)c2c1OCCCO2. The lowest BCUT2D eigenvalue weighted by Crippen LogP contribution is -2.38. The van der Waals surface area contributed by atoms with E-state index in [1.165, 1.54) is 30.4 Å². The highest BCUT2D eigenvalue weighted by Crippen LogP contribution is 2.50. The van der Waals surface area contributed by atoms with E-state index in [4.69, 9.17) is 26.8 Å². The third kappa shape index (κ3) is 3.06. The Bertz CT molecular complexity index is 565. The Labute approximate surface area is 144 Å². The molecular formula is C19H28ClNO2. The number of fused-ring (bicyclic) bond motifs is 1. The standard InChI is InChI=1S/C19H28ClNO2/c1-13(2)16-14(19(12-21)7-4-3-5-8-19)11-15(20)17-18(16)23-10-6-9-22-17/h11,13H,3-10,12,21H2,1-2H3. The summed E-state index contributed by atoms with van der Waals surface area (Å²) in [6.45, 7) is 6.44. The van der Waals surface area contributed by atoms with Gasteiger partial charge in [-0.15, -0.1) is 0 Å². The van der Waals surface area contributed by atoms with Gasteiger partial charge in [-0.2, -0.15) is 0 Å². The van der Waals surface area contributed by atoms with Crippen molar-refractivity contribution in [1.82, 2.24) is 0 Å². The number of nitrogens with two attached hydrogens (primary N) is 1. The third-order valence-electron chi connectivity index (χ3n) is 5.36. The molecule has 1 aromatic carbocycles. The molecule has 1 saturated carbocycles. The molecule has 0 radical (unpaired) electrons. The van der Waals surface area contributed by atoms with E-state index in [0.717, 1.165) is 30.8 Å². The summed E-state index contributed by atoms with van der Waals surface area (Å²) in [6, 6.07) is 2.11. The van der Waals surface area contributed by atoms with Crippen molar-refractivity contribution < 1.29 is 9.47 Å². The Morgan fingerprint density at radius 2 is 1.74 bits per heavy atom. The largest absolute Gasteiger partial charge is 0.489 e. The maximum atomic E-state index is 6.59. The summed E-state index contributed by atoms with van der Waals surface area (Å²) in [5.74, 6) is 1.93. The highest BCUT2D eigenvalue weighted by Gasteiger charge is 2.37. The number of hydrogen-bond donors (Lipinski definition) is 1. The minimum absolute atomic E-state index is 0.0339. The summed E-state index contributed by atoms with van der Waals surface area (Å²) in [6.07, 6.45) is 6.94. The van der Waals surface area contributed by atoms with Crippen LogP contribution >= 0.6 is 11.6 Å². The molecule has 0 saturated heterocycles. The molecule has 0 bridgehead atoms. The van der Waals surface area contributed by atoms with Crippen molar-refractivity contribution in [1.29, 1.82) is 0 Å². The molecule has 1 heterocycles. The Hall–Kier alpha value is -0.930. The number of hydrogen-bond acceptors (Lipinski definition) is 3. The molecule has 1 aromatic rings. The van der Waals surface area contributed by atoms with Gasteiger partial charge >= 0.3 is 0 Å². The van der Waals surface area contributed by atoms with Gasteiger partial charge in [0.15, 0.2) is 11.5 Å². The summed E-state index contributed by atoms with van der Waals surface area (Å²) in [5, 5.41) is 0.666. The van der Waals surface area contributed by atoms with Crippen molar-refractivity contribution in [2.24, 2.45) is 5.73 Å². The second-order valence-corrected chi connectivity index (χ2v) is 7.64. The van der Waals surface area contributed by atoms with Gasteiger partial charge in [-0.3, -0.25) is 0 Å². The first-order valence-corrected chi connectivity index (χ1v) is 9.29. The van der Waals surface area contributed by atoms with E-state index in [1.54, 1.807) is 0 Å². The van der Waals surface area contributed by atoms with Crippen molar-refractivity contribution in [3.8, 4) is 11.5 Å². The molecule has 0 amide bonds. The monoisotopic (exact) mass is 337 g/mol. The summed E-state index contributed by atoms with van der Waals surface area (Å²) in [5.41, 5.74) is 8.86. The predicted octanol–water partition coefficient (Wildman–Crippen LogP) is 4.79. The molecule has 3 nitrogen and oxygen atoms in total. The minimum Gasteiger partial charge on any atom is -0.489 e. The number of ether oxygens (including phenoxy) is 2. The molecule has 1 fully saturated rings. The lowest BCUT2D eigenvalue weighted by molar-refractivity contribution is 0.289. The second kappa shape index (κ2) is 6.90. The van der Waals surface area contributed by atoms with Crippen LogP contribution < -0.4 is 15.2 Å². The minimum atomic E-state index is 0.0339. The fourth-order valence-electron chi connectivity index (χ4n) is 4.13. The Kier molecular flexibility index (Phi) is 5.07. The van der Waals surface area contributed by atoms with Crippen LogP contribution in [-0.2, 0) is 5.41 Å². The summed E-state index contributed by atoms with van der Waals surface area (Å²) in [7, 11) is 0. The normalized spacial score (nSPS) is 20.4. The van der Waals surface area contributed by atoms with Gasteiger partial charge < -0.3 is 15.2 Å². The van der Waals surface area contributed by atoms with Crippen LogP contribution in [0.5, 0.6) is 11.5 Å². The van der Waals surface area contributed by atoms with Crippen LogP contribution in [0.4, 0.5) is 0 Å². The van der Waals surface area contributed by atoms with Gasteiger partial charge in [-0.1, -0.05) is 44.7 Å². The van der Waals surface area contributed by atoms with Crippen molar-refractivity contribution in [3.05, 3.63) is 22.2 Å². The number of rotatable bonds is 3. The molecule has 23 heavy (non-hydrogen) atoms. The Balaban J connectivity index is 2.19. The van der Waals surface area contributed by atoms with Gasteiger partial charge in [0.25, 0.3) is 0 Å². The first kappa shape index (κ1) is 16.9. The average molecular weight is 338 g/mol. The fraction of sp³-hybridized carbons (Fsp3) is 0.684. The van der Waals surface area contributed by atoms with Crippen LogP contribution in [0, 0.1) is 0 Å². The van der Waals surface area contributed by atoms with E-state index in [9.17, 15) is 0 Å². The molecule has 128 valence electrons. The highest BCUT2D eigenvalue weighted by molar-refractivity contribution is 6.32. The van der Waals surface area contributed by atoms with Crippen LogP contribution in [0.15, 0.2) is 6.07 Å². The van der Waals surface area contributed by atoms with Crippen molar-refractivity contribution in [3.63, 3.8) is 0 Å². The first-order valence-electron chi connectivity index (χ1n) is 8.91. The maximum Gasteiger partial charge on any atom is 0.180 e. The Morgan fingerprint density at radius 3 is 2.35 bits per heavy atom. The summed E-state index contributed by atoms with van der Waals surface area (Å²) in [4.78, 5) is 0. The fourth-order valence-corrected chi connectivity index (χ4v) is 4.38. The van der Waals surface area contributed by atoms with Gasteiger partial charge in [0.05, 0.1) is 18.2 Å². The van der Waals surface area contributed by atoms with E-state index < -0.39 is 0 Å². The van der Waals surface area contributed by atoms with Gasteiger partial charge in [0.1, 0.15) is 0 Å². The zero-order chi connectivity index (χ0) is 16.4. The lowest BCUT2D eigenvalue weighted by Gasteiger charge is -2.39. The molecule has 4 heteroatoms. The average Bonchev–Trinajstić information content (AvgIpc) is 2.81. The molecule has 0 aromatic heterocycles. The van der Waals surface area contributed by atoms with Crippen LogP contribution in [0.1, 0.15) is 69.4 Å². The van der Waals surface area contributed by atoms with Gasteiger partial charge in [0.2, 0.25) is 0 Å². The molecule has 3 rings (SSSR count). The van der Waals surface area contributed by atoms with Gasteiger partial charge in [-0.25, -0.2) is 0 Å². The molecule has 1 aliphatic heterocycles. The molecule has 2 aliphatic rings. The maximum absolute atomic E-state index is 6.59. The molecule has 0 atom stereocenters. The van der Waals surface area contributed by atoms with Crippen LogP contribution in [0.2, 0.25) is 5.02 Å². The van der Waals surface area contributed by atoms with Gasteiger partial charge in [-0.05, 0) is 30.4 Å². The topological polar surface area (TPSA) is 44.5 Å². The quantitative estimate of drug-likeness (QED) is 0.862. The molecular weight excluding hydrogens is 310 g/mol.